The Morgan fingerprint density at radius 3 is 2.00 bits per heavy atom. The minimum atomic E-state index is -1.38. The lowest BCUT2D eigenvalue weighted by atomic mass is 10.5. The van der Waals surface area contributed by atoms with Gasteiger partial charge in [-0.15, -0.1) is 0 Å². The van der Waals surface area contributed by atoms with Crippen molar-refractivity contribution in [1.82, 2.24) is 0 Å². The van der Waals surface area contributed by atoms with Crippen molar-refractivity contribution in [2.24, 2.45) is 0 Å². The summed E-state index contributed by atoms with van der Waals surface area (Å²) in [5, 5.41) is 0.758. The van der Waals surface area contributed by atoms with Crippen LogP contribution < -0.4 is 0 Å². The molecule has 0 heterocycles. The normalized spacial score (nSPS) is 11.1. The van der Waals surface area contributed by atoms with Gasteiger partial charge in [0.2, 0.25) is 8.32 Å². The Hall–Kier alpha value is 0.107. The first-order valence-electron chi connectivity index (χ1n) is 3.17. The molecule has 0 amide bonds. The first-order valence-corrected chi connectivity index (χ1v) is 6.99. The van der Waals surface area contributed by atoms with Crippen molar-refractivity contribution in [3.63, 3.8) is 0 Å². The van der Waals surface area contributed by atoms with Gasteiger partial charge >= 0.3 is 0 Å². The van der Waals surface area contributed by atoms with Crippen molar-refractivity contribution in [1.29, 1.82) is 0 Å². The molecular formula is C6H14OSSi. The molecule has 0 atom stereocenters. The third-order valence-corrected chi connectivity index (χ3v) is 2.09. The van der Waals surface area contributed by atoms with E-state index in [1.165, 1.54) is 0 Å². The minimum absolute atomic E-state index is 0.758. The van der Waals surface area contributed by atoms with Crippen LogP contribution in [-0.2, 0) is 4.43 Å². The van der Waals surface area contributed by atoms with E-state index < -0.39 is 8.32 Å². The molecule has 0 fully saturated rings. The summed E-state index contributed by atoms with van der Waals surface area (Å²) in [5.74, 6) is 0. The Bertz CT molecular complexity index is 106. The smallest absolute Gasteiger partial charge is 0.242 e. The van der Waals surface area contributed by atoms with Gasteiger partial charge in [-0.25, -0.2) is 0 Å². The second-order valence-electron chi connectivity index (χ2n) is 2.94. The number of hydrogen-bond donors (Lipinski definition) is 0. The van der Waals surface area contributed by atoms with E-state index in [1.54, 1.807) is 0 Å². The highest BCUT2D eigenvalue weighted by Crippen LogP contribution is 2.04. The third kappa shape index (κ3) is 5.99. The Morgan fingerprint density at radius 1 is 1.44 bits per heavy atom. The summed E-state index contributed by atoms with van der Waals surface area (Å²) in [5.41, 5.74) is 0. The SMILES string of the molecule is CCC(=S)O[Si](C)(C)C. The first kappa shape index (κ1) is 9.11. The van der Waals surface area contributed by atoms with E-state index in [0.717, 1.165) is 11.5 Å². The van der Waals surface area contributed by atoms with Gasteiger partial charge in [0.1, 0.15) is 5.05 Å². The van der Waals surface area contributed by atoms with Crippen molar-refractivity contribution in [2.75, 3.05) is 0 Å². The second-order valence-corrected chi connectivity index (χ2v) is 7.82. The van der Waals surface area contributed by atoms with Gasteiger partial charge in [-0.1, -0.05) is 6.92 Å². The summed E-state index contributed by atoms with van der Waals surface area (Å²) in [6.45, 7) is 8.42. The lowest BCUT2D eigenvalue weighted by molar-refractivity contribution is 0.552. The molecule has 54 valence electrons. The van der Waals surface area contributed by atoms with E-state index in [-0.39, 0.29) is 0 Å². The highest BCUT2D eigenvalue weighted by Gasteiger charge is 2.16. The van der Waals surface area contributed by atoms with Crippen molar-refractivity contribution in [2.45, 2.75) is 33.0 Å². The Balaban J connectivity index is 3.60. The molecule has 0 N–H and O–H groups in total. The quantitative estimate of drug-likeness (QED) is 0.456. The molecule has 0 aliphatic carbocycles. The second kappa shape index (κ2) is 3.32. The van der Waals surface area contributed by atoms with Crippen LogP contribution in [0.1, 0.15) is 13.3 Å². The maximum atomic E-state index is 5.46. The van der Waals surface area contributed by atoms with Crippen LogP contribution in [0.3, 0.4) is 0 Å². The van der Waals surface area contributed by atoms with Crippen LogP contribution >= 0.6 is 12.2 Å². The van der Waals surface area contributed by atoms with Gasteiger partial charge in [0.25, 0.3) is 0 Å². The van der Waals surface area contributed by atoms with Crippen LogP contribution in [0.2, 0.25) is 19.6 Å². The molecule has 0 rings (SSSR count). The van der Waals surface area contributed by atoms with Gasteiger partial charge in [0.15, 0.2) is 0 Å². The minimum Gasteiger partial charge on any atom is -0.540 e. The maximum absolute atomic E-state index is 5.46. The van der Waals surface area contributed by atoms with Gasteiger partial charge in [-0.3, -0.25) is 0 Å². The lowest BCUT2D eigenvalue weighted by Gasteiger charge is -2.18. The number of thiocarbonyl (C=S) groups is 1. The molecule has 0 radical (unpaired) electrons. The molecule has 9 heavy (non-hydrogen) atoms. The molecule has 0 unspecified atom stereocenters. The average molecular weight is 162 g/mol. The molecule has 0 bridgehead atoms. The Kier molecular flexibility index (Phi) is 3.36. The fourth-order valence-corrected chi connectivity index (χ4v) is 1.99. The third-order valence-electron chi connectivity index (χ3n) is 0.709. The molecular weight excluding hydrogens is 148 g/mol. The number of rotatable bonds is 2. The monoisotopic (exact) mass is 162 g/mol. The summed E-state index contributed by atoms with van der Waals surface area (Å²) in [6, 6.07) is 0. The molecule has 0 saturated carbocycles. The van der Waals surface area contributed by atoms with E-state index in [1.807, 2.05) is 6.92 Å². The Labute approximate surface area is 63.5 Å². The van der Waals surface area contributed by atoms with E-state index in [0.29, 0.717) is 0 Å². The van der Waals surface area contributed by atoms with Crippen molar-refractivity contribution in [3.05, 3.63) is 0 Å². The lowest BCUT2D eigenvalue weighted by Crippen LogP contribution is -2.27. The van der Waals surface area contributed by atoms with E-state index in [2.05, 4.69) is 19.6 Å². The molecule has 0 aromatic heterocycles. The van der Waals surface area contributed by atoms with E-state index >= 15 is 0 Å². The molecule has 0 aromatic rings. The predicted octanol–water partition coefficient (Wildman–Crippen LogP) is 2.58. The van der Waals surface area contributed by atoms with E-state index in [9.17, 15) is 0 Å². The molecule has 3 heteroatoms. The fraction of sp³-hybridized carbons (Fsp3) is 0.833. The molecule has 0 spiro atoms. The first-order chi connectivity index (χ1) is 3.95. The van der Waals surface area contributed by atoms with Gasteiger partial charge in [0, 0.05) is 6.42 Å². The van der Waals surface area contributed by atoms with E-state index in [4.69, 9.17) is 16.6 Å². The van der Waals surface area contributed by atoms with Gasteiger partial charge in [0.05, 0.1) is 0 Å². The van der Waals surface area contributed by atoms with Crippen LogP contribution in [0.15, 0.2) is 0 Å². The topological polar surface area (TPSA) is 9.23 Å². The molecule has 0 saturated heterocycles. The van der Waals surface area contributed by atoms with Crippen LogP contribution in [0.4, 0.5) is 0 Å². The average Bonchev–Trinajstić information content (AvgIpc) is 1.62. The summed E-state index contributed by atoms with van der Waals surface area (Å²) < 4.78 is 5.46. The zero-order valence-corrected chi connectivity index (χ0v) is 8.34. The molecule has 0 aromatic carbocycles. The van der Waals surface area contributed by atoms with Crippen LogP contribution in [0.25, 0.3) is 0 Å². The predicted molar refractivity (Wildman–Crippen MR) is 47.3 cm³/mol. The van der Waals surface area contributed by atoms with Gasteiger partial charge < -0.3 is 4.43 Å². The summed E-state index contributed by atoms with van der Waals surface area (Å²) in [7, 11) is -1.38. The van der Waals surface area contributed by atoms with Crippen molar-refractivity contribution in [3.8, 4) is 0 Å². The van der Waals surface area contributed by atoms with Crippen LogP contribution in [0.5, 0.6) is 0 Å². The highest BCUT2D eigenvalue weighted by atomic mass is 32.1. The van der Waals surface area contributed by atoms with Crippen LogP contribution in [-0.4, -0.2) is 13.4 Å². The molecule has 0 aliphatic heterocycles. The fourth-order valence-electron chi connectivity index (χ4n) is 0.414. The van der Waals surface area contributed by atoms with Crippen molar-refractivity contribution < 1.29 is 4.43 Å². The van der Waals surface area contributed by atoms with Gasteiger partial charge in [-0.05, 0) is 31.9 Å². The zero-order chi connectivity index (χ0) is 7.49. The van der Waals surface area contributed by atoms with Crippen molar-refractivity contribution >= 4 is 25.6 Å². The van der Waals surface area contributed by atoms with Crippen LogP contribution in [0, 0.1) is 0 Å². The molecule has 0 aliphatic rings. The summed E-state index contributed by atoms with van der Waals surface area (Å²) in [4.78, 5) is 0. The highest BCUT2D eigenvalue weighted by molar-refractivity contribution is 7.80. The van der Waals surface area contributed by atoms with Gasteiger partial charge in [-0.2, -0.15) is 0 Å². The molecule has 1 nitrogen and oxygen atoms in total. The Morgan fingerprint density at radius 2 is 1.89 bits per heavy atom. The maximum Gasteiger partial charge on any atom is 0.242 e. The zero-order valence-electron chi connectivity index (χ0n) is 6.52. The number of hydrogen-bond acceptors (Lipinski definition) is 2. The summed E-state index contributed by atoms with van der Waals surface area (Å²) >= 11 is 4.92. The summed E-state index contributed by atoms with van der Waals surface area (Å²) in [6.07, 6.45) is 0.861. The standard InChI is InChI=1S/C6H14OSSi/c1-5-6(8)7-9(2,3)4/h5H2,1-4H3. The largest absolute Gasteiger partial charge is 0.540 e.